The number of hydrogen-bond acceptors (Lipinski definition) is 7. The lowest BCUT2D eigenvalue weighted by molar-refractivity contribution is -0.158. The molecule has 0 saturated carbocycles. The predicted molar refractivity (Wildman–Crippen MR) is 102 cm³/mol. The third-order valence-corrected chi connectivity index (χ3v) is 6.67. The number of amides is 1. The van der Waals surface area contributed by atoms with E-state index in [1.807, 2.05) is 12.1 Å². The second-order valence-corrected chi connectivity index (χ2v) is 8.07. The van der Waals surface area contributed by atoms with E-state index in [9.17, 15) is 19.5 Å². The molecule has 142 valence electrons. The highest BCUT2D eigenvalue weighted by atomic mass is 32.2. The van der Waals surface area contributed by atoms with Crippen LogP contribution in [0.15, 0.2) is 53.3 Å². The molecule has 1 saturated heterocycles. The predicted octanol–water partition coefficient (Wildman–Crippen LogP) is 2.16. The number of carboxylic acids is 1. The summed E-state index contributed by atoms with van der Waals surface area (Å²) in [4.78, 5) is 42.3. The van der Waals surface area contributed by atoms with Gasteiger partial charge in [-0.25, -0.2) is 4.79 Å². The van der Waals surface area contributed by atoms with Gasteiger partial charge in [0, 0.05) is 28.8 Å². The number of hydrogen-bond donors (Lipinski definition) is 1. The minimum atomic E-state index is -1.12. The zero-order valence-corrected chi connectivity index (χ0v) is 16.0. The Morgan fingerprint density at radius 2 is 2.19 bits per heavy atom. The average molecular weight is 406 g/mol. The number of ether oxygens (including phenoxy) is 1. The summed E-state index contributed by atoms with van der Waals surface area (Å²) in [7, 11) is 0. The molecule has 0 unspecified atom stereocenters. The number of β-lactam (4-membered cyclic amide) rings is 1. The normalized spacial score (nSPS) is 21.3. The van der Waals surface area contributed by atoms with Crippen molar-refractivity contribution in [1.82, 2.24) is 9.88 Å². The second-order valence-electron chi connectivity index (χ2n) is 5.92. The molecule has 1 N–H and O–H groups in total. The van der Waals surface area contributed by atoms with E-state index in [1.165, 1.54) is 34.5 Å². The fraction of sp³-hybridized carbons (Fsp3) is 0.333. The van der Waals surface area contributed by atoms with Crippen LogP contribution in [-0.4, -0.2) is 56.3 Å². The summed E-state index contributed by atoms with van der Waals surface area (Å²) < 4.78 is 4.93. The number of carbonyl (C=O) groups excluding carboxylic acids is 2. The first-order chi connectivity index (χ1) is 13.0. The van der Waals surface area contributed by atoms with Crippen molar-refractivity contribution >= 4 is 41.4 Å². The molecule has 2 aliphatic heterocycles. The molecular weight excluding hydrogens is 388 g/mol. The van der Waals surface area contributed by atoms with Crippen LogP contribution in [0.25, 0.3) is 0 Å². The molecule has 7 nitrogen and oxygen atoms in total. The fourth-order valence-electron chi connectivity index (χ4n) is 2.92. The summed E-state index contributed by atoms with van der Waals surface area (Å²) in [6.45, 7) is 3.57. The third kappa shape index (κ3) is 4.19. The van der Waals surface area contributed by atoms with E-state index in [0.29, 0.717) is 17.1 Å². The number of carboxylic acid groups (broad SMARTS) is 1. The zero-order chi connectivity index (χ0) is 19.4. The molecule has 0 aromatic carbocycles. The van der Waals surface area contributed by atoms with Crippen molar-refractivity contribution in [3.05, 3.63) is 48.5 Å². The highest BCUT2D eigenvalue weighted by Crippen LogP contribution is 2.45. The highest BCUT2D eigenvalue weighted by Gasteiger charge is 2.54. The molecule has 1 aromatic rings. The molecule has 0 radical (unpaired) electrons. The quantitative estimate of drug-likeness (QED) is 0.304. The first kappa shape index (κ1) is 19.5. The van der Waals surface area contributed by atoms with Crippen LogP contribution in [-0.2, 0) is 19.1 Å². The molecule has 1 aromatic heterocycles. The number of esters is 1. The van der Waals surface area contributed by atoms with Crippen LogP contribution >= 0.6 is 23.5 Å². The number of thioether (sulfide) groups is 2. The largest absolute Gasteiger partial charge is 0.477 e. The minimum Gasteiger partial charge on any atom is -0.477 e. The van der Waals surface area contributed by atoms with Gasteiger partial charge >= 0.3 is 11.9 Å². The van der Waals surface area contributed by atoms with E-state index < -0.39 is 17.9 Å². The number of nitrogens with zero attached hydrogens (tertiary/aromatic N) is 2. The summed E-state index contributed by atoms with van der Waals surface area (Å²) in [5, 5.41) is 9.31. The molecule has 3 rings (SSSR count). The van der Waals surface area contributed by atoms with E-state index in [1.54, 1.807) is 12.4 Å². The van der Waals surface area contributed by atoms with E-state index >= 15 is 0 Å². The van der Waals surface area contributed by atoms with Crippen LogP contribution in [0.5, 0.6) is 0 Å². The van der Waals surface area contributed by atoms with Gasteiger partial charge in [0.15, 0.2) is 0 Å². The van der Waals surface area contributed by atoms with E-state index in [2.05, 4.69) is 11.6 Å². The summed E-state index contributed by atoms with van der Waals surface area (Å²) >= 11 is 2.99. The molecule has 1 amide bonds. The van der Waals surface area contributed by atoms with E-state index in [4.69, 9.17) is 4.74 Å². The number of pyridine rings is 1. The molecule has 27 heavy (non-hydrogen) atoms. The van der Waals surface area contributed by atoms with Crippen LogP contribution in [0.3, 0.4) is 0 Å². The Bertz CT molecular complexity index is 796. The highest BCUT2D eigenvalue weighted by molar-refractivity contribution is 8.01. The van der Waals surface area contributed by atoms with Crippen molar-refractivity contribution in [2.75, 3.05) is 18.1 Å². The van der Waals surface area contributed by atoms with Crippen molar-refractivity contribution in [2.45, 2.75) is 16.7 Å². The molecule has 0 aliphatic carbocycles. The summed E-state index contributed by atoms with van der Waals surface area (Å²) in [6.07, 6.45) is 4.76. The SMILES string of the molecule is C=CCOC(=O)C[C@@H]1C(=O)N2C(C(=O)O)=C(CSc3ccncc3)CS[C@H]12. The lowest BCUT2D eigenvalue weighted by Crippen LogP contribution is -2.62. The third-order valence-electron chi connectivity index (χ3n) is 4.17. The van der Waals surface area contributed by atoms with Gasteiger partial charge in [0.05, 0.1) is 17.7 Å². The van der Waals surface area contributed by atoms with Crippen molar-refractivity contribution in [2.24, 2.45) is 5.92 Å². The first-order valence-corrected chi connectivity index (χ1v) is 10.3. The van der Waals surface area contributed by atoms with E-state index in [-0.39, 0.29) is 30.0 Å². The van der Waals surface area contributed by atoms with Crippen LogP contribution in [0, 0.1) is 5.92 Å². The molecule has 3 heterocycles. The van der Waals surface area contributed by atoms with Gasteiger partial charge in [-0.3, -0.25) is 19.5 Å². The van der Waals surface area contributed by atoms with Gasteiger partial charge in [0.25, 0.3) is 0 Å². The summed E-state index contributed by atoms with van der Waals surface area (Å²) in [5.41, 5.74) is 0.743. The Kier molecular flexibility index (Phi) is 6.22. The van der Waals surface area contributed by atoms with Crippen molar-refractivity contribution in [1.29, 1.82) is 0 Å². The molecular formula is C18H18N2O5S2. The van der Waals surface area contributed by atoms with E-state index in [0.717, 1.165) is 4.90 Å². The number of carbonyl (C=O) groups is 3. The molecule has 0 spiro atoms. The number of aliphatic carboxylic acids is 1. The van der Waals surface area contributed by atoms with Crippen LogP contribution in [0.2, 0.25) is 0 Å². The maximum Gasteiger partial charge on any atom is 0.352 e. The van der Waals surface area contributed by atoms with Gasteiger partial charge in [0.1, 0.15) is 12.3 Å². The topological polar surface area (TPSA) is 96.8 Å². The maximum atomic E-state index is 12.5. The Hall–Kier alpha value is -2.26. The lowest BCUT2D eigenvalue weighted by atomic mass is 9.92. The maximum absolute atomic E-state index is 12.5. The first-order valence-electron chi connectivity index (χ1n) is 8.22. The molecule has 9 heteroatoms. The second kappa shape index (κ2) is 8.62. The number of fused-ring (bicyclic) bond motifs is 1. The van der Waals surface area contributed by atoms with Crippen LogP contribution < -0.4 is 0 Å². The van der Waals surface area contributed by atoms with Gasteiger partial charge < -0.3 is 9.84 Å². The van der Waals surface area contributed by atoms with Gasteiger partial charge in [-0.2, -0.15) is 0 Å². The average Bonchev–Trinajstić information content (AvgIpc) is 2.68. The van der Waals surface area contributed by atoms with Gasteiger partial charge in [-0.15, -0.1) is 23.5 Å². The number of rotatable bonds is 8. The monoisotopic (exact) mass is 406 g/mol. The Labute approximate surface area is 164 Å². The molecule has 2 atom stereocenters. The Morgan fingerprint density at radius 3 is 2.85 bits per heavy atom. The zero-order valence-electron chi connectivity index (χ0n) is 14.4. The Morgan fingerprint density at radius 1 is 1.44 bits per heavy atom. The standard InChI is InChI=1S/C18H18N2O5S2/c1-2-7-25-14(21)8-13-16(22)20-15(18(23)24)11(10-27-17(13)20)9-26-12-3-5-19-6-4-12/h2-6,13,17H,1,7-10H2,(H,23,24)/t13-,17-/m1/s1. The van der Waals surface area contributed by atoms with Gasteiger partial charge in [-0.1, -0.05) is 12.7 Å². The van der Waals surface area contributed by atoms with Crippen molar-refractivity contribution in [3.8, 4) is 0 Å². The van der Waals surface area contributed by atoms with Gasteiger partial charge in [0.2, 0.25) is 5.91 Å². The molecule has 2 aliphatic rings. The van der Waals surface area contributed by atoms with Crippen molar-refractivity contribution < 1.29 is 24.2 Å². The van der Waals surface area contributed by atoms with Crippen molar-refractivity contribution in [3.63, 3.8) is 0 Å². The minimum absolute atomic E-state index is 0.0426. The fourth-order valence-corrected chi connectivity index (χ4v) is 5.36. The van der Waals surface area contributed by atoms with Crippen LogP contribution in [0.4, 0.5) is 0 Å². The number of aromatic nitrogens is 1. The smallest absolute Gasteiger partial charge is 0.352 e. The summed E-state index contributed by atoms with van der Waals surface area (Å²) in [6, 6.07) is 3.70. The molecule has 1 fully saturated rings. The summed E-state index contributed by atoms with van der Waals surface area (Å²) in [5.74, 6) is -1.50. The molecule has 0 bridgehead atoms. The van der Waals surface area contributed by atoms with Gasteiger partial charge in [-0.05, 0) is 17.7 Å². The Balaban J connectivity index is 1.70. The lowest BCUT2D eigenvalue weighted by Gasteiger charge is -2.49. The van der Waals surface area contributed by atoms with Crippen LogP contribution in [0.1, 0.15) is 6.42 Å².